The van der Waals surface area contributed by atoms with Gasteiger partial charge in [0.2, 0.25) is 0 Å². The second kappa shape index (κ2) is 6.60. The zero-order valence-electron chi connectivity index (χ0n) is 11.8. The highest BCUT2D eigenvalue weighted by Crippen LogP contribution is 2.31. The summed E-state index contributed by atoms with van der Waals surface area (Å²) in [5.74, 6) is 1.24. The molecule has 1 aromatic rings. The van der Waals surface area contributed by atoms with Gasteiger partial charge in [-0.1, -0.05) is 38.3 Å². The van der Waals surface area contributed by atoms with E-state index < -0.39 is 0 Å². The molecule has 1 nitrogen and oxygen atoms in total. The predicted octanol–water partition coefficient (Wildman–Crippen LogP) is 5.50. The van der Waals surface area contributed by atoms with Crippen molar-refractivity contribution in [3.05, 3.63) is 29.0 Å². The zero-order chi connectivity index (χ0) is 13.8. The Balaban J connectivity index is 1.92. The lowest BCUT2D eigenvalue weighted by molar-refractivity contribution is 0.289. The first kappa shape index (κ1) is 14.6. The molecule has 0 radical (unpaired) electrons. The van der Waals surface area contributed by atoms with Gasteiger partial charge in [-0.25, -0.2) is 4.39 Å². The molecular formula is C16H23ClFN. The normalized spacial score (nSPS) is 23.6. The van der Waals surface area contributed by atoms with E-state index in [1.165, 1.54) is 38.2 Å². The second-order valence-electron chi connectivity index (χ2n) is 6.13. The summed E-state index contributed by atoms with van der Waals surface area (Å²) in [6.45, 7) is 4.58. The number of hydrogen-bond donors (Lipinski definition) is 1. The van der Waals surface area contributed by atoms with Crippen LogP contribution in [0.25, 0.3) is 0 Å². The molecule has 0 aromatic heterocycles. The standard InChI is InChI=1S/C16H23ClFN/c1-11(2)8-12-4-3-5-13(9-12)19-14-6-7-16(18)15(17)10-14/h6-7,10-13,19H,3-5,8-9H2,1-2H3. The topological polar surface area (TPSA) is 12.0 Å². The van der Waals surface area contributed by atoms with Crippen LogP contribution in [0.3, 0.4) is 0 Å². The lowest BCUT2D eigenvalue weighted by atomic mass is 9.81. The lowest BCUT2D eigenvalue weighted by Crippen LogP contribution is -2.27. The van der Waals surface area contributed by atoms with Crippen molar-refractivity contribution in [1.29, 1.82) is 0 Å². The number of benzene rings is 1. The highest BCUT2D eigenvalue weighted by Gasteiger charge is 2.22. The summed E-state index contributed by atoms with van der Waals surface area (Å²) in [5.41, 5.74) is 0.932. The molecule has 0 spiro atoms. The molecule has 19 heavy (non-hydrogen) atoms. The molecule has 2 unspecified atom stereocenters. The quantitative estimate of drug-likeness (QED) is 0.770. The number of anilines is 1. The van der Waals surface area contributed by atoms with Gasteiger partial charge in [0, 0.05) is 11.7 Å². The van der Waals surface area contributed by atoms with Crippen molar-refractivity contribution in [1.82, 2.24) is 0 Å². The molecule has 2 rings (SSSR count). The van der Waals surface area contributed by atoms with Gasteiger partial charge in [0.25, 0.3) is 0 Å². The Hall–Kier alpha value is -0.760. The van der Waals surface area contributed by atoms with Gasteiger partial charge in [-0.15, -0.1) is 0 Å². The van der Waals surface area contributed by atoms with Crippen LogP contribution in [0.15, 0.2) is 18.2 Å². The molecule has 1 aromatic carbocycles. The van der Waals surface area contributed by atoms with Gasteiger partial charge in [-0.05, 0) is 49.3 Å². The highest BCUT2D eigenvalue weighted by atomic mass is 35.5. The first-order valence-electron chi connectivity index (χ1n) is 7.26. The summed E-state index contributed by atoms with van der Waals surface area (Å²) in [7, 11) is 0. The molecule has 0 saturated heterocycles. The van der Waals surface area contributed by atoms with Crippen molar-refractivity contribution in [2.24, 2.45) is 11.8 Å². The average molecular weight is 284 g/mol. The zero-order valence-corrected chi connectivity index (χ0v) is 12.5. The maximum Gasteiger partial charge on any atom is 0.141 e. The summed E-state index contributed by atoms with van der Waals surface area (Å²) in [5, 5.41) is 3.70. The van der Waals surface area contributed by atoms with Crippen LogP contribution >= 0.6 is 11.6 Å². The molecule has 1 N–H and O–H groups in total. The molecule has 0 amide bonds. The van der Waals surface area contributed by atoms with Crippen molar-refractivity contribution in [2.45, 2.75) is 52.0 Å². The number of nitrogens with one attached hydrogen (secondary N) is 1. The fraction of sp³-hybridized carbons (Fsp3) is 0.625. The largest absolute Gasteiger partial charge is 0.382 e. The van der Waals surface area contributed by atoms with Crippen molar-refractivity contribution in [3.63, 3.8) is 0 Å². The van der Waals surface area contributed by atoms with Crippen LogP contribution in [0.2, 0.25) is 5.02 Å². The molecule has 0 aliphatic heterocycles. The van der Waals surface area contributed by atoms with Gasteiger partial charge in [0.05, 0.1) is 5.02 Å². The molecule has 0 bridgehead atoms. The van der Waals surface area contributed by atoms with E-state index in [1.54, 1.807) is 12.1 Å². The third-order valence-corrected chi connectivity index (χ3v) is 4.17. The van der Waals surface area contributed by atoms with Crippen molar-refractivity contribution in [3.8, 4) is 0 Å². The fourth-order valence-corrected chi connectivity index (χ4v) is 3.30. The SMILES string of the molecule is CC(C)CC1CCCC(Nc2ccc(F)c(Cl)c2)C1. The smallest absolute Gasteiger partial charge is 0.141 e. The Morgan fingerprint density at radius 2 is 2.16 bits per heavy atom. The van der Waals surface area contributed by atoms with Crippen LogP contribution in [0.1, 0.15) is 46.0 Å². The summed E-state index contributed by atoms with van der Waals surface area (Å²) < 4.78 is 13.1. The van der Waals surface area contributed by atoms with Gasteiger partial charge in [-0.2, -0.15) is 0 Å². The van der Waals surface area contributed by atoms with E-state index in [-0.39, 0.29) is 10.8 Å². The highest BCUT2D eigenvalue weighted by molar-refractivity contribution is 6.31. The molecule has 2 atom stereocenters. The minimum atomic E-state index is -0.353. The first-order valence-corrected chi connectivity index (χ1v) is 7.64. The van der Waals surface area contributed by atoms with Crippen LogP contribution < -0.4 is 5.32 Å². The molecular weight excluding hydrogens is 261 g/mol. The maximum atomic E-state index is 13.1. The number of halogens is 2. The molecule has 0 heterocycles. The third kappa shape index (κ3) is 4.38. The average Bonchev–Trinajstić information content (AvgIpc) is 2.33. The molecule has 1 fully saturated rings. The van der Waals surface area contributed by atoms with Crippen molar-refractivity contribution >= 4 is 17.3 Å². The first-order chi connectivity index (χ1) is 9.04. The Bertz CT molecular complexity index is 419. The Labute approximate surface area is 120 Å². The van der Waals surface area contributed by atoms with Crippen LogP contribution in [-0.4, -0.2) is 6.04 Å². The van der Waals surface area contributed by atoms with E-state index in [9.17, 15) is 4.39 Å². The van der Waals surface area contributed by atoms with E-state index in [4.69, 9.17) is 11.6 Å². The number of rotatable bonds is 4. The summed E-state index contributed by atoms with van der Waals surface area (Å²) in [6.07, 6.45) is 6.35. The van der Waals surface area contributed by atoms with Gasteiger partial charge in [0.1, 0.15) is 5.82 Å². The van der Waals surface area contributed by atoms with Gasteiger partial charge < -0.3 is 5.32 Å². The minimum absolute atomic E-state index is 0.194. The Morgan fingerprint density at radius 1 is 1.37 bits per heavy atom. The maximum absolute atomic E-state index is 13.1. The van der Waals surface area contributed by atoms with E-state index >= 15 is 0 Å². The molecule has 3 heteroatoms. The van der Waals surface area contributed by atoms with E-state index in [1.807, 2.05) is 0 Å². The second-order valence-corrected chi connectivity index (χ2v) is 6.54. The van der Waals surface area contributed by atoms with Crippen LogP contribution in [0.5, 0.6) is 0 Å². The minimum Gasteiger partial charge on any atom is -0.382 e. The van der Waals surface area contributed by atoms with Crippen molar-refractivity contribution < 1.29 is 4.39 Å². The van der Waals surface area contributed by atoms with Crippen LogP contribution in [0.4, 0.5) is 10.1 Å². The third-order valence-electron chi connectivity index (χ3n) is 3.88. The molecule has 1 aliphatic carbocycles. The Morgan fingerprint density at radius 3 is 2.84 bits per heavy atom. The molecule has 106 valence electrons. The van der Waals surface area contributed by atoms with E-state index in [2.05, 4.69) is 19.2 Å². The van der Waals surface area contributed by atoms with E-state index in [0.29, 0.717) is 6.04 Å². The summed E-state index contributed by atoms with van der Waals surface area (Å²) >= 11 is 5.81. The molecule has 1 saturated carbocycles. The monoisotopic (exact) mass is 283 g/mol. The lowest BCUT2D eigenvalue weighted by Gasteiger charge is -2.31. The van der Waals surface area contributed by atoms with Crippen LogP contribution in [0, 0.1) is 17.7 Å². The van der Waals surface area contributed by atoms with Crippen molar-refractivity contribution in [2.75, 3.05) is 5.32 Å². The molecule has 1 aliphatic rings. The van der Waals surface area contributed by atoms with Gasteiger partial charge in [-0.3, -0.25) is 0 Å². The predicted molar refractivity (Wildman–Crippen MR) is 80.2 cm³/mol. The number of hydrogen-bond acceptors (Lipinski definition) is 1. The summed E-state index contributed by atoms with van der Waals surface area (Å²) in [6, 6.07) is 5.38. The fourth-order valence-electron chi connectivity index (χ4n) is 3.12. The van der Waals surface area contributed by atoms with E-state index in [0.717, 1.165) is 17.5 Å². The summed E-state index contributed by atoms with van der Waals surface area (Å²) in [4.78, 5) is 0. The Kier molecular flexibility index (Phi) is 5.09. The van der Waals surface area contributed by atoms with Crippen LogP contribution in [-0.2, 0) is 0 Å². The van der Waals surface area contributed by atoms with Gasteiger partial charge in [0.15, 0.2) is 0 Å². The van der Waals surface area contributed by atoms with Gasteiger partial charge >= 0.3 is 0 Å².